The Kier molecular flexibility index (Phi) is 3.71. The van der Waals surface area contributed by atoms with Crippen molar-refractivity contribution in [3.63, 3.8) is 0 Å². The Bertz CT molecular complexity index is 740. The van der Waals surface area contributed by atoms with E-state index in [1.54, 1.807) is 0 Å². The third-order valence-electron chi connectivity index (χ3n) is 2.69. The highest BCUT2D eigenvalue weighted by atomic mass is 32.2. The molecule has 7 heteroatoms. The number of sulfone groups is 1. The van der Waals surface area contributed by atoms with Gasteiger partial charge < -0.3 is 5.73 Å². The van der Waals surface area contributed by atoms with Crippen LogP contribution in [0.1, 0.15) is 5.56 Å². The van der Waals surface area contributed by atoms with Gasteiger partial charge in [0.15, 0.2) is 9.84 Å². The zero-order chi connectivity index (χ0) is 14.9. The molecule has 2 aromatic rings. The van der Waals surface area contributed by atoms with Crippen LogP contribution in [0.25, 0.3) is 0 Å². The molecule has 2 N–H and O–H groups in total. The summed E-state index contributed by atoms with van der Waals surface area (Å²) in [5, 5.41) is 0. The van der Waals surface area contributed by atoms with Crippen LogP contribution in [0.2, 0.25) is 0 Å². The number of anilines is 1. The molecule has 0 radical (unpaired) electrons. The highest BCUT2D eigenvalue weighted by Crippen LogP contribution is 2.23. The Morgan fingerprint density at radius 1 is 0.950 bits per heavy atom. The van der Waals surface area contributed by atoms with Gasteiger partial charge in [-0.2, -0.15) is 0 Å². The maximum Gasteiger partial charge on any atom is 0.185 e. The second kappa shape index (κ2) is 5.16. The van der Waals surface area contributed by atoms with E-state index in [1.165, 1.54) is 6.07 Å². The Morgan fingerprint density at radius 2 is 1.55 bits per heavy atom. The topological polar surface area (TPSA) is 60.2 Å². The Hall–Kier alpha value is -2.02. The van der Waals surface area contributed by atoms with Gasteiger partial charge in [0.2, 0.25) is 0 Å². The van der Waals surface area contributed by atoms with Gasteiger partial charge in [-0.05, 0) is 30.3 Å². The van der Waals surface area contributed by atoms with Gasteiger partial charge in [-0.25, -0.2) is 21.6 Å². The first-order valence-corrected chi connectivity index (χ1v) is 7.17. The molecule has 3 nitrogen and oxygen atoms in total. The van der Waals surface area contributed by atoms with Crippen LogP contribution in [0.5, 0.6) is 0 Å². The highest BCUT2D eigenvalue weighted by molar-refractivity contribution is 7.90. The SMILES string of the molecule is Nc1ccc(S(=O)(=O)Cc2c(F)cccc2F)c(F)c1. The average molecular weight is 301 g/mol. The van der Waals surface area contributed by atoms with E-state index in [0.29, 0.717) is 0 Å². The van der Waals surface area contributed by atoms with Crippen molar-refractivity contribution in [1.29, 1.82) is 0 Å². The molecule has 0 amide bonds. The summed E-state index contributed by atoms with van der Waals surface area (Å²) in [4.78, 5) is -0.644. The van der Waals surface area contributed by atoms with Gasteiger partial charge in [-0.1, -0.05) is 6.07 Å². The van der Waals surface area contributed by atoms with Crippen molar-refractivity contribution in [3.8, 4) is 0 Å². The monoisotopic (exact) mass is 301 g/mol. The second-order valence-electron chi connectivity index (χ2n) is 4.15. The molecule has 0 spiro atoms. The van der Waals surface area contributed by atoms with Gasteiger partial charge in [0.05, 0.1) is 5.75 Å². The van der Waals surface area contributed by atoms with Gasteiger partial charge in [0, 0.05) is 11.3 Å². The molecule has 0 aromatic heterocycles. The third-order valence-corrected chi connectivity index (χ3v) is 4.36. The number of nitrogens with two attached hydrogens (primary N) is 1. The maximum atomic E-state index is 13.6. The summed E-state index contributed by atoms with van der Waals surface area (Å²) < 4.78 is 64.5. The van der Waals surface area contributed by atoms with Crippen molar-refractivity contribution in [1.82, 2.24) is 0 Å². The second-order valence-corrected chi connectivity index (χ2v) is 6.11. The molecule has 0 atom stereocenters. The zero-order valence-electron chi connectivity index (χ0n) is 10.1. The fourth-order valence-corrected chi connectivity index (χ4v) is 3.15. The van der Waals surface area contributed by atoms with Crippen molar-refractivity contribution < 1.29 is 21.6 Å². The van der Waals surface area contributed by atoms with Gasteiger partial charge >= 0.3 is 0 Å². The predicted molar refractivity (Wildman–Crippen MR) is 68.1 cm³/mol. The van der Waals surface area contributed by atoms with Crippen LogP contribution in [-0.2, 0) is 15.6 Å². The fourth-order valence-electron chi connectivity index (χ4n) is 1.71. The normalized spacial score (nSPS) is 11.6. The summed E-state index contributed by atoms with van der Waals surface area (Å²) in [5.41, 5.74) is 4.75. The standard InChI is InChI=1S/C13H10F3NO2S/c14-10-2-1-3-11(15)9(10)7-20(18,19)13-5-4-8(17)6-12(13)16/h1-6H,7,17H2. The van der Waals surface area contributed by atoms with E-state index in [0.717, 1.165) is 30.3 Å². The molecule has 0 aliphatic rings. The summed E-state index contributed by atoms with van der Waals surface area (Å²) in [7, 11) is -4.22. The highest BCUT2D eigenvalue weighted by Gasteiger charge is 2.23. The van der Waals surface area contributed by atoms with Crippen LogP contribution < -0.4 is 5.73 Å². The first kappa shape index (κ1) is 14.4. The minimum absolute atomic E-state index is 0.0542. The van der Waals surface area contributed by atoms with Crippen molar-refractivity contribution in [2.45, 2.75) is 10.6 Å². The molecule has 0 heterocycles. The molecule has 0 bridgehead atoms. The number of hydrogen-bond acceptors (Lipinski definition) is 3. The van der Waals surface area contributed by atoms with E-state index in [4.69, 9.17) is 5.73 Å². The molecule has 0 fully saturated rings. The van der Waals surface area contributed by atoms with Crippen LogP contribution >= 0.6 is 0 Å². The molecule has 2 aromatic carbocycles. The van der Waals surface area contributed by atoms with E-state index in [2.05, 4.69) is 0 Å². The summed E-state index contributed by atoms with van der Waals surface area (Å²) in [6.45, 7) is 0. The minimum atomic E-state index is -4.22. The third kappa shape index (κ3) is 2.77. The number of hydrogen-bond donors (Lipinski definition) is 1. The lowest BCUT2D eigenvalue weighted by atomic mass is 10.2. The van der Waals surface area contributed by atoms with Gasteiger partial charge in [0.1, 0.15) is 22.3 Å². The molecule has 0 saturated heterocycles. The predicted octanol–water partition coefficient (Wildman–Crippen LogP) is 2.66. The summed E-state index contributed by atoms with van der Waals surface area (Å²) in [5.74, 6) is -4.01. The lowest BCUT2D eigenvalue weighted by molar-refractivity contribution is 0.548. The number of benzene rings is 2. The molecular weight excluding hydrogens is 291 g/mol. The lowest BCUT2D eigenvalue weighted by Crippen LogP contribution is -2.10. The minimum Gasteiger partial charge on any atom is -0.399 e. The maximum absolute atomic E-state index is 13.6. The smallest absolute Gasteiger partial charge is 0.185 e. The molecule has 0 aliphatic carbocycles. The first-order valence-electron chi connectivity index (χ1n) is 5.52. The molecule has 0 aliphatic heterocycles. The van der Waals surface area contributed by atoms with Gasteiger partial charge in [0.25, 0.3) is 0 Å². The largest absolute Gasteiger partial charge is 0.399 e. The van der Waals surface area contributed by atoms with E-state index in [1.807, 2.05) is 0 Å². The van der Waals surface area contributed by atoms with Crippen LogP contribution in [0.3, 0.4) is 0 Å². The van der Waals surface area contributed by atoms with Gasteiger partial charge in [-0.3, -0.25) is 0 Å². The van der Waals surface area contributed by atoms with Crippen LogP contribution in [-0.4, -0.2) is 8.42 Å². The number of nitrogen functional groups attached to an aromatic ring is 1. The van der Waals surface area contributed by atoms with Crippen molar-refractivity contribution in [2.24, 2.45) is 0 Å². The quantitative estimate of drug-likeness (QED) is 0.887. The number of rotatable bonds is 3. The van der Waals surface area contributed by atoms with Gasteiger partial charge in [-0.15, -0.1) is 0 Å². The molecule has 0 unspecified atom stereocenters. The number of halogens is 3. The Balaban J connectivity index is 2.46. The molecule has 106 valence electrons. The van der Waals surface area contributed by atoms with E-state index >= 15 is 0 Å². The Morgan fingerprint density at radius 3 is 2.10 bits per heavy atom. The van der Waals surface area contributed by atoms with Crippen molar-refractivity contribution >= 4 is 15.5 Å². The van der Waals surface area contributed by atoms with Crippen molar-refractivity contribution in [2.75, 3.05) is 5.73 Å². The van der Waals surface area contributed by atoms with Crippen LogP contribution in [0.15, 0.2) is 41.3 Å². The average Bonchev–Trinajstić information content (AvgIpc) is 2.33. The molecule has 20 heavy (non-hydrogen) atoms. The Labute approximate surface area is 113 Å². The van der Waals surface area contributed by atoms with Crippen molar-refractivity contribution in [3.05, 3.63) is 59.4 Å². The van der Waals surface area contributed by atoms with E-state index in [-0.39, 0.29) is 5.69 Å². The summed E-state index contributed by atoms with van der Waals surface area (Å²) >= 11 is 0. The van der Waals surface area contributed by atoms with E-state index in [9.17, 15) is 21.6 Å². The van der Waals surface area contributed by atoms with Crippen LogP contribution in [0, 0.1) is 17.5 Å². The van der Waals surface area contributed by atoms with E-state index < -0.39 is 43.5 Å². The molecular formula is C13H10F3NO2S. The first-order chi connectivity index (χ1) is 9.31. The summed E-state index contributed by atoms with van der Waals surface area (Å²) in [6, 6.07) is 6.00. The zero-order valence-corrected chi connectivity index (χ0v) is 10.9. The van der Waals surface area contributed by atoms with Crippen LogP contribution in [0.4, 0.5) is 18.9 Å². The molecule has 2 rings (SSSR count). The lowest BCUT2D eigenvalue weighted by Gasteiger charge is -2.08. The summed E-state index contributed by atoms with van der Waals surface area (Å²) in [6.07, 6.45) is 0. The molecule has 0 saturated carbocycles. The fraction of sp³-hybridized carbons (Fsp3) is 0.0769.